The van der Waals surface area contributed by atoms with Crippen LogP contribution in [-0.4, -0.2) is 24.0 Å². The van der Waals surface area contributed by atoms with Gasteiger partial charge >= 0.3 is 5.97 Å². The molecule has 0 spiro atoms. The highest BCUT2D eigenvalue weighted by molar-refractivity contribution is 9.10. The van der Waals surface area contributed by atoms with Gasteiger partial charge in [-0.2, -0.15) is 0 Å². The monoisotopic (exact) mass is 448 g/mol. The number of esters is 1. The molecule has 1 heterocycles. The number of fused-ring (bicyclic) bond motifs is 2. The highest BCUT2D eigenvalue weighted by atomic mass is 79.9. The van der Waals surface area contributed by atoms with Crippen molar-refractivity contribution in [3.8, 4) is 11.3 Å². The number of ketones is 1. The molecular weight excluding hydrogens is 436 g/mol. The predicted molar refractivity (Wildman–Crippen MR) is 112 cm³/mol. The summed E-state index contributed by atoms with van der Waals surface area (Å²) in [5, 5.41) is 8.08. The maximum absolute atomic E-state index is 13.3. The van der Waals surface area contributed by atoms with Gasteiger partial charge < -0.3 is 14.6 Å². The maximum atomic E-state index is 13.3. The van der Waals surface area contributed by atoms with Gasteiger partial charge in [0.1, 0.15) is 5.52 Å². The Morgan fingerprint density at radius 1 is 1.10 bits per heavy atom. The van der Waals surface area contributed by atoms with E-state index in [4.69, 9.17) is 9.26 Å². The van der Waals surface area contributed by atoms with Crippen LogP contribution in [-0.2, 0) is 4.74 Å². The number of aromatic nitrogens is 1. The zero-order chi connectivity index (χ0) is 20.1. The van der Waals surface area contributed by atoms with E-state index in [1.807, 2.05) is 24.3 Å². The number of methoxy groups -OCH3 is 1. The molecule has 0 aliphatic heterocycles. The summed E-state index contributed by atoms with van der Waals surface area (Å²) >= 11 is 3.52. The molecule has 1 N–H and O–H groups in total. The first kappa shape index (κ1) is 17.6. The molecule has 0 fully saturated rings. The Morgan fingerprint density at radius 3 is 2.69 bits per heavy atom. The minimum absolute atomic E-state index is 0.111. The van der Waals surface area contributed by atoms with E-state index in [0.717, 1.165) is 5.56 Å². The number of anilines is 2. The van der Waals surface area contributed by atoms with Crippen LogP contribution < -0.4 is 5.32 Å². The van der Waals surface area contributed by atoms with Gasteiger partial charge in [-0.1, -0.05) is 35.5 Å². The summed E-state index contributed by atoms with van der Waals surface area (Å²) in [6.07, 6.45) is 0. The Balaban J connectivity index is 1.71. The average molecular weight is 449 g/mol. The van der Waals surface area contributed by atoms with Crippen molar-refractivity contribution in [1.29, 1.82) is 0 Å². The molecule has 0 atom stereocenters. The van der Waals surface area contributed by atoms with Gasteiger partial charge in [0.15, 0.2) is 11.5 Å². The predicted octanol–water partition coefficient (Wildman–Crippen LogP) is 5.33. The molecule has 0 saturated carbocycles. The molecule has 142 valence electrons. The lowest BCUT2D eigenvalue weighted by Crippen LogP contribution is -2.11. The van der Waals surface area contributed by atoms with Gasteiger partial charge in [-0.3, -0.25) is 4.79 Å². The van der Waals surface area contributed by atoms with Crippen molar-refractivity contribution < 1.29 is 18.8 Å². The third-order valence-electron chi connectivity index (χ3n) is 4.91. The SMILES string of the molecule is COC(=O)c1cccc(Nc2cc(Br)c3noc4c3c2C(=O)c2ccccc2-4)c1. The van der Waals surface area contributed by atoms with E-state index in [2.05, 4.69) is 26.4 Å². The van der Waals surface area contributed by atoms with Gasteiger partial charge in [-0.15, -0.1) is 0 Å². The highest BCUT2D eigenvalue weighted by Gasteiger charge is 2.32. The molecule has 0 amide bonds. The lowest BCUT2D eigenvalue weighted by molar-refractivity contribution is 0.0600. The minimum Gasteiger partial charge on any atom is -0.465 e. The van der Waals surface area contributed by atoms with Crippen LogP contribution in [0.3, 0.4) is 0 Å². The molecule has 6 nitrogen and oxygen atoms in total. The number of nitrogens with one attached hydrogen (secondary N) is 1. The molecule has 7 heteroatoms. The summed E-state index contributed by atoms with van der Waals surface area (Å²) in [6.45, 7) is 0. The van der Waals surface area contributed by atoms with Gasteiger partial charge in [0.05, 0.1) is 29.3 Å². The van der Waals surface area contributed by atoms with Crippen LogP contribution in [0.15, 0.2) is 63.6 Å². The van der Waals surface area contributed by atoms with Crippen molar-refractivity contribution in [2.75, 3.05) is 12.4 Å². The fraction of sp³-hybridized carbons (Fsp3) is 0.0455. The van der Waals surface area contributed by atoms with Gasteiger partial charge in [0.25, 0.3) is 0 Å². The van der Waals surface area contributed by atoms with Crippen LogP contribution >= 0.6 is 15.9 Å². The molecule has 0 saturated heterocycles. The summed E-state index contributed by atoms with van der Waals surface area (Å²) in [5.74, 6) is 0.0243. The van der Waals surface area contributed by atoms with Crippen LogP contribution in [0.4, 0.5) is 11.4 Å². The van der Waals surface area contributed by atoms with Crippen LogP contribution in [0, 0.1) is 0 Å². The standard InChI is InChI=1S/C22H13BrN2O4/c1-28-22(27)11-5-4-6-12(9-11)24-16-10-15(23)19-18-17(16)20(26)13-7-2-3-8-14(13)21(18)29-25-19/h2-10,24H,1H3. The molecule has 0 unspecified atom stereocenters. The number of ether oxygens (including phenoxy) is 1. The molecule has 5 rings (SSSR count). The number of carbonyl (C=O) groups excluding carboxylic acids is 2. The van der Waals surface area contributed by atoms with Crippen molar-refractivity contribution in [2.24, 2.45) is 0 Å². The van der Waals surface area contributed by atoms with Gasteiger partial charge in [0.2, 0.25) is 0 Å². The minimum atomic E-state index is -0.432. The van der Waals surface area contributed by atoms with E-state index in [1.54, 1.807) is 30.3 Å². The second-order valence-electron chi connectivity index (χ2n) is 6.59. The molecule has 0 bridgehead atoms. The summed E-state index contributed by atoms with van der Waals surface area (Å²) in [4.78, 5) is 25.2. The van der Waals surface area contributed by atoms with E-state index in [-0.39, 0.29) is 5.78 Å². The average Bonchev–Trinajstić information content (AvgIpc) is 3.19. The smallest absolute Gasteiger partial charge is 0.337 e. The molecule has 1 aromatic heterocycles. The largest absolute Gasteiger partial charge is 0.465 e. The lowest BCUT2D eigenvalue weighted by atomic mass is 9.87. The summed E-state index contributed by atoms with van der Waals surface area (Å²) in [7, 11) is 1.33. The number of carbonyl (C=O) groups is 2. The second-order valence-corrected chi connectivity index (χ2v) is 7.44. The number of halogens is 1. The molecule has 4 aromatic rings. The van der Waals surface area contributed by atoms with E-state index < -0.39 is 5.97 Å². The Labute approximate surface area is 173 Å². The van der Waals surface area contributed by atoms with Crippen molar-refractivity contribution in [3.05, 3.63) is 75.8 Å². The molecule has 0 radical (unpaired) electrons. The van der Waals surface area contributed by atoms with Crippen LogP contribution in [0.25, 0.3) is 22.2 Å². The zero-order valence-corrected chi connectivity index (χ0v) is 16.7. The van der Waals surface area contributed by atoms with E-state index >= 15 is 0 Å². The van der Waals surface area contributed by atoms with Gasteiger partial charge in [-0.05, 0) is 40.2 Å². The number of benzene rings is 3. The van der Waals surface area contributed by atoms with Crippen molar-refractivity contribution in [1.82, 2.24) is 5.16 Å². The van der Waals surface area contributed by atoms with E-state index in [9.17, 15) is 9.59 Å². The van der Waals surface area contributed by atoms with E-state index in [1.165, 1.54) is 7.11 Å². The Morgan fingerprint density at radius 2 is 1.90 bits per heavy atom. The molecular formula is C22H13BrN2O4. The molecule has 1 aliphatic carbocycles. The number of nitrogens with zero attached hydrogens (tertiary/aromatic N) is 1. The first-order valence-electron chi connectivity index (χ1n) is 8.80. The first-order valence-corrected chi connectivity index (χ1v) is 9.59. The van der Waals surface area contributed by atoms with Gasteiger partial charge in [-0.25, -0.2) is 4.79 Å². The Bertz CT molecular complexity index is 1330. The fourth-order valence-electron chi connectivity index (χ4n) is 3.62. The van der Waals surface area contributed by atoms with Gasteiger partial charge in [0, 0.05) is 21.3 Å². The summed E-state index contributed by atoms with van der Waals surface area (Å²) in [5.41, 5.74) is 4.02. The third-order valence-corrected chi connectivity index (χ3v) is 5.52. The van der Waals surface area contributed by atoms with E-state index in [0.29, 0.717) is 49.2 Å². The Hall–Kier alpha value is -3.45. The molecule has 29 heavy (non-hydrogen) atoms. The lowest BCUT2D eigenvalue weighted by Gasteiger charge is -2.18. The third kappa shape index (κ3) is 2.66. The normalized spacial score (nSPS) is 12.0. The quantitative estimate of drug-likeness (QED) is 0.375. The van der Waals surface area contributed by atoms with Crippen LogP contribution in [0.2, 0.25) is 0 Å². The van der Waals surface area contributed by atoms with Crippen LogP contribution in [0.1, 0.15) is 26.3 Å². The molecule has 1 aliphatic rings. The summed E-state index contributed by atoms with van der Waals surface area (Å²) in [6, 6.07) is 16.0. The number of rotatable bonds is 3. The fourth-order valence-corrected chi connectivity index (χ4v) is 4.12. The van der Waals surface area contributed by atoms with Crippen molar-refractivity contribution in [2.45, 2.75) is 0 Å². The Kier molecular flexibility index (Phi) is 3.99. The molecule has 3 aromatic carbocycles. The van der Waals surface area contributed by atoms with Crippen LogP contribution in [0.5, 0.6) is 0 Å². The maximum Gasteiger partial charge on any atom is 0.337 e. The second kappa shape index (κ2) is 6.56. The van der Waals surface area contributed by atoms with Crippen molar-refractivity contribution >= 4 is 50.0 Å². The number of hydrogen-bond acceptors (Lipinski definition) is 6. The number of hydrogen-bond donors (Lipinski definition) is 1. The first-order chi connectivity index (χ1) is 14.1. The summed E-state index contributed by atoms with van der Waals surface area (Å²) < 4.78 is 11.1. The topological polar surface area (TPSA) is 81.4 Å². The zero-order valence-electron chi connectivity index (χ0n) is 15.2. The highest BCUT2D eigenvalue weighted by Crippen LogP contribution is 2.45. The van der Waals surface area contributed by atoms with Crippen molar-refractivity contribution in [3.63, 3.8) is 0 Å².